The number of hydrogen-bond donors (Lipinski definition) is 2. The van der Waals surface area contributed by atoms with Gasteiger partial charge in [-0.15, -0.1) is 24.0 Å². The Kier molecular flexibility index (Phi) is 10.4. The maximum Gasteiger partial charge on any atom is 0.188 e. The van der Waals surface area contributed by atoms with Crippen molar-refractivity contribution in [2.24, 2.45) is 10.7 Å². The Labute approximate surface area is 153 Å². The van der Waals surface area contributed by atoms with Crippen molar-refractivity contribution in [1.82, 2.24) is 10.2 Å². The van der Waals surface area contributed by atoms with E-state index in [4.69, 9.17) is 5.73 Å². The molecule has 1 atom stereocenters. The second-order valence-electron chi connectivity index (χ2n) is 6.83. The highest BCUT2D eigenvalue weighted by Gasteiger charge is 2.17. The molecule has 0 aromatic carbocycles. The van der Waals surface area contributed by atoms with Gasteiger partial charge in [-0.05, 0) is 58.5 Å². The molecule has 1 aliphatic carbocycles. The number of halogens is 1. The zero-order valence-electron chi connectivity index (χ0n) is 14.2. The average Bonchev–Trinajstić information content (AvgIpc) is 2.50. The highest BCUT2D eigenvalue weighted by atomic mass is 127. The van der Waals surface area contributed by atoms with Gasteiger partial charge in [0, 0.05) is 18.6 Å². The fourth-order valence-corrected chi connectivity index (χ4v) is 3.62. The highest BCUT2D eigenvalue weighted by Crippen LogP contribution is 2.17. The van der Waals surface area contributed by atoms with Gasteiger partial charge in [-0.1, -0.05) is 25.7 Å². The number of guanidine groups is 1. The van der Waals surface area contributed by atoms with Crippen LogP contribution in [-0.4, -0.2) is 42.6 Å². The van der Waals surface area contributed by atoms with Gasteiger partial charge in [0.05, 0.1) is 0 Å². The predicted molar refractivity (Wildman–Crippen MR) is 106 cm³/mol. The molecule has 130 valence electrons. The number of aliphatic imine (C=N–C) groups is 1. The lowest BCUT2D eigenvalue weighted by atomic mass is 9.96. The number of unbranched alkanes of at least 4 members (excludes halogenated alkanes) is 1. The van der Waals surface area contributed by atoms with Crippen molar-refractivity contribution >= 4 is 29.9 Å². The van der Waals surface area contributed by atoms with Crippen LogP contribution >= 0.6 is 24.0 Å². The van der Waals surface area contributed by atoms with Crippen molar-refractivity contribution in [3.05, 3.63) is 0 Å². The monoisotopic (exact) mass is 422 g/mol. The Morgan fingerprint density at radius 2 is 1.82 bits per heavy atom. The van der Waals surface area contributed by atoms with Crippen LogP contribution in [0.5, 0.6) is 0 Å². The van der Waals surface area contributed by atoms with Crippen LogP contribution in [0.25, 0.3) is 0 Å². The number of rotatable bonds is 6. The summed E-state index contributed by atoms with van der Waals surface area (Å²) in [6.07, 6.45) is 13.1. The van der Waals surface area contributed by atoms with Gasteiger partial charge in [-0.3, -0.25) is 4.99 Å². The third-order valence-corrected chi connectivity index (χ3v) is 5.03. The minimum absolute atomic E-state index is 0. The zero-order chi connectivity index (χ0) is 14.9. The number of nitrogens with two attached hydrogens (primary N) is 1. The first-order valence-corrected chi connectivity index (χ1v) is 9.06. The van der Waals surface area contributed by atoms with Crippen molar-refractivity contribution in [2.75, 3.05) is 19.6 Å². The van der Waals surface area contributed by atoms with Crippen molar-refractivity contribution < 1.29 is 0 Å². The van der Waals surface area contributed by atoms with Crippen molar-refractivity contribution in [1.29, 1.82) is 0 Å². The van der Waals surface area contributed by atoms with Gasteiger partial charge < -0.3 is 16.0 Å². The number of likely N-dealkylation sites (tertiary alicyclic amines) is 1. The summed E-state index contributed by atoms with van der Waals surface area (Å²) < 4.78 is 0. The van der Waals surface area contributed by atoms with E-state index < -0.39 is 0 Å². The van der Waals surface area contributed by atoms with E-state index in [0.717, 1.165) is 19.0 Å². The van der Waals surface area contributed by atoms with Crippen LogP contribution in [0.1, 0.15) is 71.1 Å². The van der Waals surface area contributed by atoms with Gasteiger partial charge in [-0.2, -0.15) is 0 Å². The van der Waals surface area contributed by atoms with Crippen LogP contribution in [0.15, 0.2) is 4.99 Å². The van der Waals surface area contributed by atoms with Crippen molar-refractivity contribution in [3.63, 3.8) is 0 Å². The average molecular weight is 422 g/mol. The van der Waals surface area contributed by atoms with E-state index in [9.17, 15) is 0 Å². The van der Waals surface area contributed by atoms with Gasteiger partial charge in [0.15, 0.2) is 5.96 Å². The molecule has 1 saturated carbocycles. The zero-order valence-corrected chi connectivity index (χ0v) is 16.6. The Balaban J connectivity index is 0.00000242. The molecule has 2 rings (SSSR count). The smallest absolute Gasteiger partial charge is 0.188 e. The summed E-state index contributed by atoms with van der Waals surface area (Å²) in [6, 6.07) is 1.34. The van der Waals surface area contributed by atoms with E-state index in [2.05, 4.69) is 22.1 Å². The molecule has 0 aromatic heterocycles. The Morgan fingerprint density at radius 1 is 1.09 bits per heavy atom. The largest absolute Gasteiger partial charge is 0.370 e. The van der Waals surface area contributed by atoms with Crippen LogP contribution < -0.4 is 11.1 Å². The molecule has 1 saturated heterocycles. The van der Waals surface area contributed by atoms with E-state index in [1.54, 1.807) is 0 Å². The molecule has 1 aliphatic heterocycles. The van der Waals surface area contributed by atoms with Crippen LogP contribution in [0.4, 0.5) is 0 Å². The van der Waals surface area contributed by atoms with E-state index in [0.29, 0.717) is 12.0 Å². The summed E-state index contributed by atoms with van der Waals surface area (Å²) in [7, 11) is 0. The lowest BCUT2D eigenvalue weighted by Gasteiger charge is -2.33. The fourth-order valence-electron chi connectivity index (χ4n) is 3.62. The minimum Gasteiger partial charge on any atom is -0.370 e. The van der Waals surface area contributed by atoms with E-state index in [1.807, 2.05) is 0 Å². The molecule has 22 heavy (non-hydrogen) atoms. The topological polar surface area (TPSA) is 53.6 Å². The van der Waals surface area contributed by atoms with Gasteiger partial charge in [-0.25, -0.2) is 0 Å². The molecule has 3 N–H and O–H groups in total. The molecular weight excluding hydrogens is 387 g/mol. The molecule has 5 heteroatoms. The third-order valence-electron chi connectivity index (χ3n) is 5.03. The summed E-state index contributed by atoms with van der Waals surface area (Å²) in [5.74, 6) is 0.660. The first-order valence-electron chi connectivity index (χ1n) is 9.06. The SMILES string of the molecule is CC1CCCCN1CCCCN=C(N)NC1CCCCC1.I. The second-order valence-corrected chi connectivity index (χ2v) is 6.83. The van der Waals surface area contributed by atoms with Gasteiger partial charge in [0.2, 0.25) is 0 Å². The molecule has 0 radical (unpaired) electrons. The van der Waals surface area contributed by atoms with Crippen LogP contribution in [-0.2, 0) is 0 Å². The van der Waals surface area contributed by atoms with Crippen LogP contribution in [0.3, 0.4) is 0 Å². The lowest BCUT2D eigenvalue weighted by Crippen LogP contribution is -2.41. The molecule has 0 spiro atoms. The highest BCUT2D eigenvalue weighted by molar-refractivity contribution is 14.0. The molecule has 0 amide bonds. The normalized spacial score (nSPS) is 24.8. The van der Waals surface area contributed by atoms with Crippen molar-refractivity contribution in [2.45, 2.75) is 83.2 Å². The predicted octanol–water partition coefficient (Wildman–Crippen LogP) is 3.50. The number of hydrogen-bond acceptors (Lipinski definition) is 2. The Hall–Kier alpha value is -0.0400. The van der Waals surface area contributed by atoms with E-state index in [-0.39, 0.29) is 24.0 Å². The van der Waals surface area contributed by atoms with Crippen LogP contribution in [0.2, 0.25) is 0 Å². The maximum atomic E-state index is 5.98. The quantitative estimate of drug-likeness (QED) is 0.298. The molecule has 4 nitrogen and oxygen atoms in total. The molecule has 1 unspecified atom stereocenters. The standard InChI is InChI=1S/C17H34N4.HI/c1-15-9-5-7-13-21(15)14-8-6-12-19-17(18)20-16-10-3-2-4-11-16;/h15-16H,2-14H2,1H3,(H3,18,19,20);1H. The van der Waals surface area contributed by atoms with Gasteiger partial charge >= 0.3 is 0 Å². The Morgan fingerprint density at radius 3 is 2.55 bits per heavy atom. The Bertz CT molecular complexity index is 316. The lowest BCUT2D eigenvalue weighted by molar-refractivity contribution is 0.158. The first kappa shape index (κ1) is 20.0. The molecule has 0 aromatic rings. The van der Waals surface area contributed by atoms with Crippen LogP contribution in [0, 0.1) is 0 Å². The second kappa shape index (κ2) is 11.5. The fraction of sp³-hybridized carbons (Fsp3) is 0.941. The molecule has 1 heterocycles. The summed E-state index contributed by atoms with van der Waals surface area (Å²) in [4.78, 5) is 7.12. The van der Waals surface area contributed by atoms with E-state index in [1.165, 1.54) is 70.9 Å². The number of nitrogens with one attached hydrogen (secondary N) is 1. The molecular formula is C17H35IN4. The van der Waals surface area contributed by atoms with Crippen molar-refractivity contribution in [3.8, 4) is 0 Å². The molecule has 2 fully saturated rings. The maximum absolute atomic E-state index is 5.98. The molecule has 2 aliphatic rings. The van der Waals surface area contributed by atoms with Gasteiger partial charge in [0.25, 0.3) is 0 Å². The van der Waals surface area contributed by atoms with Gasteiger partial charge in [0.1, 0.15) is 0 Å². The summed E-state index contributed by atoms with van der Waals surface area (Å²) >= 11 is 0. The first-order chi connectivity index (χ1) is 10.3. The minimum atomic E-state index is 0. The number of piperidine rings is 1. The number of nitrogens with zero attached hydrogens (tertiary/aromatic N) is 2. The summed E-state index contributed by atoms with van der Waals surface area (Å²) in [5, 5.41) is 3.38. The third kappa shape index (κ3) is 7.49. The summed E-state index contributed by atoms with van der Waals surface area (Å²) in [5.41, 5.74) is 5.98. The summed E-state index contributed by atoms with van der Waals surface area (Å²) in [6.45, 7) is 5.75. The van der Waals surface area contributed by atoms with E-state index >= 15 is 0 Å². The molecule has 0 bridgehead atoms.